The molecule has 2 aromatic carbocycles. The molecule has 3 N–H and O–H groups in total. The standard InChI is InChI=1S/C28H28ClF3N4O2/c1-14-22(29)23(36-24(25(31)32)18-11-17(27(2,3)37)7-8-20(18)30)19-10-15(6-9-21(19)35-14)16-12-33-26(34-13-16)28(4,5)38/h6-13,24-25,37-38H,1-5H3,(H,35,36)/t24-/m0/s1. The van der Waals surface area contributed by atoms with Crippen LogP contribution >= 0.6 is 11.6 Å². The van der Waals surface area contributed by atoms with Crippen LogP contribution in [0.15, 0.2) is 48.8 Å². The predicted molar refractivity (Wildman–Crippen MR) is 142 cm³/mol. The first-order valence-electron chi connectivity index (χ1n) is 11.9. The Hall–Kier alpha value is -3.27. The number of fused-ring (bicyclic) bond motifs is 1. The zero-order valence-electron chi connectivity index (χ0n) is 21.5. The van der Waals surface area contributed by atoms with Gasteiger partial charge in [0.1, 0.15) is 17.5 Å². The van der Waals surface area contributed by atoms with Gasteiger partial charge in [-0.2, -0.15) is 0 Å². The van der Waals surface area contributed by atoms with Gasteiger partial charge < -0.3 is 15.5 Å². The topological polar surface area (TPSA) is 91.2 Å². The van der Waals surface area contributed by atoms with Gasteiger partial charge in [0.2, 0.25) is 0 Å². The molecule has 0 aliphatic carbocycles. The first kappa shape index (κ1) is 27.8. The van der Waals surface area contributed by atoms with E-state index >= 15 is 0 Å². The minimum atomic E-state index is -3.01. The molecule has 0 unspecified atom stereocenters. The molecule has 0 aliphatic rings. The second-order valence-corrected chi connectivity index (χ2v) is 10.6. The van der Waals surface area contributed by atoms with Gasteiger partial charge in [0.25, 0.3) is 6.43 Å². The SMILES string of the molecule is Cc1nc2ccc(-c3cnc(C(C)(C)O)nc3)cc2c(N[C@@H](c2cc(C(C)(C)O)ccc2F)C(F)F)c1Cl. The molecule has 0 saturated carbocycles. The Morgan fingerprint density at radius 3 is 2.16 bits per heavy atom. The quantitative estimate of drug-likeness (QED) is 0.241. The maximum Gasteiger partial charge on any atom is 0.262 e. The maximum absolute atomic E-state index is 14.8. The summed E-state index contributed by atoms with van der Waals surface area (Å²) in [7, 11) is 0. The summed E-state index contributed by atoms with van der Waals surface area (Å²) < 4.78 is 43.6. The first-order valence-corrected chi connectivity index (χ1v) is 12.3. The summed E-state index contributed by atoms with van der Waals surface area (Å²) in [5.74, 6) is -0.591. The van der Waals surface area contributed by atoms with E-state index in [1.165, 1.54) is 26.0 Å². The van der Waals surface area contributed by atoms with Crippen LogP contribution in [0.3, 0.4) is 0 Å². The molecule has 10 heteroatoms. The Kier molecular flexibility index (Phi) is 7.40. The lowest BCUT2D eigenvalue weighted by Gasteiger charge is -2.25. The van der Waals surface area contributed by atoms with Gasteiger partial charge in [-0.05, 0) is 70.0 Å². The predicted octanol–water partition coefficient (Wildman–Crippen LogP) is 6.67. The number of halogens is 4. The van der Waals surface area contributed by atoms with Gasteiger partial charge in [-0.1, -0.05) is 23.7 Å². The van der Waals surface area contributed by atoms with E-state index in [1.807, 2.05) is 0 Å². The van der Waals surface area contributed by atoms with Crippen molar-refractivity contribution in [3.8, 4) is 11.1 Å². The van der Waals surface area contributed by atoms with E-state index in [2.05, 4.69) is 20.3 Å². The summed E-state index contributed by atoms with van der Waals surface area (Å²) in [5, 5.41) is 23.8. The molecule has 0 amide bonds. The molecule has 200 valence electrons. The molecule has 2 aromatic heterocycles. The zero-order valence-corrected chi connectivity index (χ0v) is 22.3. The summed E-state index contributed by atoms with van der Waals surface area (Å²) in [6.45, 7) is 7.78. The number of pyridine rings is 1. The van der Waals surface area contributed by atoms with Gasteiger partial charge in [0, 0.05) is 28.9 Å². The van der Waals surface area contributed by atoms with Crippen LogP contribution < -0.4 is 5.32 Å². The summed E-state index contributed by atoms with van der Waals surface area (Å²) in [4.78, 5) is 12.9. The molecule has 0 saturated heterocycles. The fourth-order valence-electron chi connectivity index (χ4n) is 4.07. The van der Waals surface area contributed by atoms with Gasteiger partial charge in [-0.25, -0.2) is 23.1 Å². The lowest BCUT2D eigenvalue weighted by atomic mass is 9.94. The highest BCUT2D eigenvalue weighted by Gasteiger charge is 2.29. The Balaban J connectivity index is 1.84. The molecule has 6 nitrogen and oxygen atoms in total. The number of alkyl halides is 2. The van der Waals surface area contributed by atoms with Gasteiger partial charge in [-0.15, -0.1) is 0 Å². The van der Waals surface area contributed by atoms with E-state index in [4.69, 9.17) is 11.6 Å². The van der Waals surface area contributed by atoms with Crippen LogP contribution in [-0.2, 0) is 11.2 Å². The fourth-order valence-corrected chi connectivity index (χ4v) is 4.27. The van der Waals surface area contributed by atoms with Crippen molar-refractivity contribution >= 4 is 28.2 Å². The highest BCUT2D eigenvalue weighted by molar-refractivity contribution is 6.35. The maximum atomic E-state index is 14.8. The van der Waals surface area contributed by atoms with Crippen molar-refractivity contribution in [3.05, 3.63) is 82.3 Å². The van der Waals surface area contributed by atoms with Crippen LogP contribution in [-0.4, -0.2) is 31.6 Å². The van der Waals surface area contributed by atoms with E-state index in [9.17, 15) is 23.4 Å². The Morgan fingerprint density at radius 2 is 1.58 bits per heavy atom. The second-order valence-electron chi connectivity index (χ2n) is 10.2. The van der Waals surface area contributed by atoms with Crippen LogP contribution in [0.25, 0.3) is 22.0 Å². The van der Waals surface area contributed by atoms with Crippen LogP contribution in [0.2, 0.25) is 5.02 Å². The Labute approximate surface area is 223 Å². The zero-order chi connectivity index (χ0) is 28.0. The number of nitrogens with one attached hydrogen (secondary N) is 1. The summed E-state index contributed by atoms with van der Waals surface area (Å²) in [6.07, 6.45) is 0.0984. The molecule has 4 rings (SSSR count). The Morgan fingerprint density at radius 1 is 0.921 bits per heavy atom. The van der Waals surface area contributed by atoms with E-state index in [-0.39, 0.29) is 22.1 Å². The minimum absolute atomic E-state index is 0.118. The largest absolute Gasteiger partial charge is 0.386 e. The van der Waals surface area contributed by atoms with Gasteiger partial charge in [0.15, 0.2) is 5.82 Å². The van der Waals surface area contributed by atoms with Crippen molar-refractivity contribution in [1.29, 1.82) is 0 Å². The third-order valence-electron chi connectivity index (χ3n) is 6.21. The third-order valence-corrected chi connectivity index (χ3v) is 6.68. The monoisotopic (exact) mass is 544 g/mol. The lowest BCUT2D eigenvalue weighted by molar-refractivity contribution is 0.0687. The number of aliphatic hydroxyl groups is 2. The number of benzene rings is 2. The Bertz CT molecular complexity index is 1480. The molecule has 0 spiro atoms. The van der Waals surface area contributed by atoms with E-state index in [0.717, 1.165) is 6.07 Å². The molecule has 2 heterocycles. The van der Waals surface area contributed by atoms with Gasteiger partial charge in [0.05, 0.1) is 27.5 Å². The number of aromatic nitrogens is 3. The average molecular weight is 545 g/mol. The van der Waals surface area contributed by atoms with Gasteiger partial charge >= 0.3 is 0 Å². The molecular formula is C28H28ClF3N4O2. The summed E-state index contributed by atoms with van der Waals surface area (Å²) >= 11 is 6.57. The molecule has 0 fully saturated rings. The van der Waals surface area contributed by atoms with Crippen molar-refractivity contribution in [2.45, 2.75) is 58.3 Å². The molecule has 38 heavy (non-hydrogen) atoms. The van der Waals surface area contributed by atoms with Crippen molar-refractivity contribution in [2.75, 3.05) is 5.32 Å². The molecule has 0 radical (unpaired) electrons. The number of hydrogen-bond donors (Lipinski definition) is 3. The van der Waals surface area contributed by atoms with E-state index < -0.39 is 29.5 Å². The van der Waals surface area contributed by atoms with Crippen molar-refractivity contribution in [1.82, 2.24) is 15.0 Å². The van der Waals surface area contributed by atoms with Crippen LogP contribution in [0.5, 0.6) is 0 Å². The van der Waals surface area contributed by atoms with Gasteiger partial charge in [-0.3, -0.25) is 4.98 Å². The van der Waals surface area contributed by atoms with Crippen LogP contribution in [0.4, 0.5) is 18.9 Å². The van der Waals surface area contributed by atoms with Crippen molar-refractivity contribution in [3.63, 3.8) is 0 Å². The number of aryl methyl sites for hydroxylation is 1. The minimum Gasteiger partial charge on any atom is -0.386 e. The number of nitrogens with zero attached hydrogens (tertiary/aromatic N) is 3. The molecular weight excluding hydrogens is 517 g/mol. The third kappa shape index (κ3) is 5.60. The molecule has 0 aliphatic heterocycles. The number of rotatable bonds is 7. The first-order chi connectivity index (χ1) is 17.7. The summed E-state index contributed by atoms with van der Waals surface area (Å²) in [6, 6.07) is 7.10. The van der Waals surface area contributed by atoms with Crippen molar-refractivity contribution in [2.24, 2.45) is 0 Å². The number of hydrogen-bond acceptors (Lipinski definition) is 6. The normalized spacial score (nSPS) is 13.3. The molecule has 4 aromatic rings. The highest BCUT2D eigenvalue weighted by atomic mass is 35.5. The highest BCUT2D eigenvalue weighted by Crippen LogP contribution is 2.39. The van der Waals surface area contributed by atoms with Crippen LogP contribution in [0.1, 0.15) is 56.4 Å². The smallest absolute Gasteiger partial charge is 0.262 e. The second kappa shape index (κ2) is 10.1. The van der Waals surface area contributed by atoms with E-state index in [1.54, 1.807) is 51.4 Å². The fraction of sp³-hybridized carbons (Fsp3) is 0.321. The lowest BCUT2D eigenvalue weighted by Crippen LogP contribution is -2.23. The van der Waals surface area contributed by atoms with E-state index in [0.29, 0.717) is 33.3 Å². The van der Waals surface area contributed by atoms with Crippen molar-refractivity contribution < 1.29 is 23.4 Å². The van der Waals surface area contributed by atoms with Crippen LogP contribution in [0, 0.1) is 12.7 Å². The summed E-state index contributed by atoms with van der Waals surface area (Å²) in [5.41, 5.74) is -0.226. The molecule has 0 bridgehead atoms. The molecule has 1 atom stereocenters. The average Bonchev–Trinajstić information content (AvgIpc) is 2.83. The number of anilines is 1.